The molecule has 0 aromatic heterocycles. The summed E-state index contributed by atoms with van der Waals surface area (Å²) in [7, 11) is 0. The highest BCUT2D eigenvalue weighted by Crippen LogP contribution is 2.33. The minimum Gasteiger partial charge on any atom is -0.369 e. The number of rotatable bonds is 8. The molecule has 0 heterocycles. The maximum Gasteiger partial charge on any atom is 0.224 e. The summed E-state index contributed by atoms with van der Waals surface area (Å²) in [5.74, 6) is -0.136. The average Bonchev–Trinajstić information content (AvgIpc) is 2.86. The second kappa shape index (κ2) is 8.28. The summed E-state index contributed by atoms with van der Waals surface area (Å²) in [5, 5.41) is 2.84. The van der Waals surface area contributed by atoms with Gasteiger partial charge in [0.05, 0.1) is 5.92 Å². The lowest BCUT2D eigenvalue weighted by Gasteiger charge is -2.27. The molecule has 0 aliphatic heterocycles. The zero-order chi connectivity index (χ0) is 15.1. The highest BCUT2D eigenvalue weighted by Gasteiger charge is 2.34. The van der Waals surface area contributed by atoms with Crippen molar-refractivity contribution in [2.45, 2.75) is 59.3 Å². The maximum atomic E-state index is 12.2. The van der Waals surface area contributed by atoms with Crippen LogP contribution in [0.5, 0.6) is 0 Å². The van der Waals surface area contributed by atoms with Crippen LogP contribution >= 0.6 is 0 Å². The van der Waals surface area contributed by atoms with Crippen molar-refractivity contribution in [1.29, 1.82) is 0 Å². The highest BCUT2D eigenvalue weighted by molar-refractivity contribution is 5.87. The predicted octanol–water partition coefficient (Wildman–Crippen LogP) is 2.47. The smallest absolute Gasteiger partial charge is 0.224 e. The van der Waals surface area contributed by atoms with Crippen LogP contribution in [0.25, 0.3) is 0 Å². The Bertz CT molecular complexity index is 322. The molecular formula is C16H30N2O2. The van der Waals surface area contributed by atoms with E-state index in [1.165, 1.54) is 25.7 Å². The van der Waals surface area contributed by atoms with E-state index in [0.717, 1.165) is 18.8 Å². The van der Waals surface area contributed by atoms with Crippen molar-refractivity contribution in [2.24, 2.45) is 29.4 Å². The molecule has 0 unspecified atom stereocenters. The number of carbonyl (C=O) groups excluding carboxylic acids is 2. The van der Waals surface area contributed by atoms with Crippen LogP contribution in [0.15, 0.2) is 0 Å². The van der Waals surface area contributed by atoms with E-state index in [1.54, 1.807) is 0 Å². The third kappa shape index (κ3) is 4.80. The third-order valence-corrected chi connectivity index (χ3v) is 4.53. The second-order valence-corrected chi connectivity index (χ2v) is 6.40. The van der Waals surface area contributed by atoms with Crippen LogP contribution in [0.2, 0.25) is 0 Å². The maximum absolute atomic E-state index is 12.2. The summed E-state index contributed by atoms with van der Waals surface area (Å²) in [6.07, 6.45) is 6.90. The monoisotopic (exact) mass is 282 g/mol. The van der Waals surface area contributed by atoms with E-state index in [9.17, 15) is 9.59 Å². The van der Waals surface area contributed by atoms with Crippen LogP contribution in [0.1, 0.15) is 59.3 Å². The van der Waals surface area contributed by atoms with E-state index in [1.807, 2.05) is 20.8 Å². The van der Waals surface area contributed by atoms with Gasteiger partial charge in [-0.3, -0.25) is 9.59 Å². The molecule has 4 nitrogen and oxygen atoms in total. The lowest BCUT2D eigenvalue weighted by Crippen LogP contribution is -2.43. The Kier molecular flexibility index (Phi) is 7.03. The van der Waals surface area contributed by atoms with E-state index in [0.29, 0.717) is 6.54 Å². The van der Waals surface area contributed by atoms with Gasteiger partial charge in [0.25, 0.3) is 0 Å². The molecule has 4 heteroatoms. The minimum absolute atomic E-state index is 0.0299. The Hall–Kier alpha value is -1.06. The molecule has 2 atom stereocenters. The molecule has 0 bridgehead atoms. The van der Waals surface area contributed by atoms with Crippen LogP contribution < -0.4 is 11.1 Å². The fourth-order valence-corrected chi connectivity index (χ4v) is 3.46. The first-order valence-electron chi connectivity index (χ1n) is 8.04. The van der Waals surface area contributed by atoms with Gasteiger partial charge in [-0.1, -0.05) is 39.5 Å². The fourth-order valence-electron chi connectivity index (χ4n) is 3.46. The Labute approximate surface area is 122 Å². The molecule has 2 amide bonds. The van der Waals surface area contributed by atoms with Crippen molar-refractivity contribution < 1.29 is 9.59 Å². The largest absolute Gasteiger partial charge is 0.369 e. The van der Waals surface area contributed by atoms with Gasteiger partial charge in [-0.15, -0.1) is 0 Å². The van der Waals surface area contributed by atoms with Crippen LogP contribution in [0, 0.1) is 23.7 Å². The predicted molar refractivity (Wildman–Crippen MR) is 80.9 cm³/mol. The van der Waals surface area contributed by atoms with Gasteiger partial charge in [0, 0.05) is 12.5 Å². The quantitative estimate of drug-likeness (QED) is 0.718. The first-order valence-corrected chi connectivity index (χ1v) is 8.04. The molecular weight excluding hydrogens is 252 g/mol. The van der Waals surface area contributed by atoms with Crippen LogP contribution in [-0.4, -0.2) is 18.4 Å². The Morgan fingerprint density at radius 3 is 2.30 bits per heavy atom. The van der Waals surface area contributed by atoms with Gasteiger partial charge < -0.3 is 11.1 Å². The van der Waals surface area contributed by atoms with E-state index >= 15 is 0 Å². The molecule has 0 saturated heterocycles. The molecule has 1 saturated carbocycles. The van der Waals surface area contributed by atoms with Gasteiger partial charge in [-0.2, -0.15) is 0 Å². The summed E-state index contributed by atoms with van der Waals surface area (Å²) in [4.78, 5) is 24.0. The van der Waals surface area contributed by atoms with Gasteiger partial charge in [-0.05, 0) is 31.6 Å². The highest BCUT2D eigenvalue weighted by atomic mass is 16.2. The summed E-state index contributed by atoms with van der Waals surface area (Å²) in [6, 6.07) is 0. The van der Waals surface area contributed by atoms with Crippen molar-refractivity contribution >= 4 is 11.8 Å². The van der Waals surface area contributed by atoms with Crippen LogP contribution in [-0.2, 0) is 9.59 Å². The number of nitrogens with two attached hydrogens (primary N) is 1. The summed E-state index contributed by atoms with van der Waals surface area (Å²) in [5.41, 5.74) is 5.58. The molecule has 1 aliphatic rings. The summed E-state index contributed by atoms with van der Waals surface area (Å²) < 4.78 is 0. The number of amides is 2. The Balaban J connectivity index is 2.68. The van der Waals surface area contributed by atoms with Crippen molar-refractivity contribution in [3.63, 3.8) is 0 Å². The normalized spacial score (nSPS) is 19.0. The van der Waals surface area contributed by atoms with Crippen molar-refractivity contribution in [3.8, 4) is 0 Å². The number of primary amides is 1. The molecule has 3 N–H and O–H groups in total. The Morgan fingerprint density at radius 1 is 1.25 bits per heavy atom. The first-order chi connectivity index (χ1) is 9.47. The second-order valence-electron chi connectivity index (χ2n) is 6.40. The van der Waals surface area contributed by atoms with Crippen LogP contribution in [0.4, 0.5) is 0 Å². The standard InChI is InChI=1S/C16H30N2O2/c1-4-18-16(20)14(11(2)3)13(15(17)19)10-9-12-7-5-6-8-12/h11-14H,4-10H2,1-3H3,(H2,17,19)(H,18,20)/t13-,14+/m0/s1. The van der Waals surface area contributed by atoms with Gasteiger partial charge >= 0.3 is 0 Å². The SMILES string of the molecule is CCNC(=O)[C@H](C(C)C)[C@H](CCC1CCCC1)C(N)=O. The summed E-state index contributed by atoms with van der Waals surface area (Å²) >= 11 is 0. The topological polar surface area (TPSA) is 72.2 Å². The van der Waals surface area contributed by atoms with E-state index < -0.39 is 0 Å². The fraction of sp³-hybridized carbons (Fsp3) is 0.875. The lowest BCUT2D eigenvalue weighted by molar-refractivity contribution is -0.135. The van der Waals surface area contributed by atoms with Gasteiger partial charge in [0.2, 0.25) is 11.8 Å². The molecule has 0 radical (unpaired) electrons. The van der Waals surface area contributed by atoms with E-state index in [4.69, 9.17) is 5.73 Å². The zero-order valence-corrected chi connectivity index (χ0v) is 13.2. The van der Waals surface area contributed by atoms with Crippen molar-refractivity contribution in [3.05, 3.63) is 0 Å². The van der Waals surface area contributed by atoms with E-state index in [-0.39, 0.29) is 29.6 Å². The third-order valence-electron chi connectivity index (χ3n) is 4.53. The minimum atomic E-state index is -0.331. The molecule has 0 aromatic carbocycles. The zero-order valence-electron chi connectivity index (χ0n) is 13.2. The average molecular weight is 282 g/mol. The summed E-state index contributed by atoms with van der Waals surface area (Å²) in [6.45, 7) is 6.47. The first kappa shape index (κ1) is 17.0. The van der Waals surface area contributed by atoms with Gasteiger partial charge in [0.15, 0.2) is 0 Å². The number of hydrogen-bond acceptors (Lipinski definition) is 2. The molecule has 20 heavy (non-hydrogen) atoms. The van der Waals surface area contributed by atoms with Crippen molar-refractivity contribution in [2.75, 3.05) is 6.54 Å². The van der Waals surface area contributed by atoms with Crippen molar-refractivity contribution in [1.82, 2.24) is 5.32 Å². The van der Waals surface area contributed by atoms with Crippen LogP contribution in [0.3, 0.4) is 0 Å². The molecule has 1 fully saturated rings. The number of hydrogen-bond donors (Lipinski definition) is 2. The molecule has 1 aliphatic carbocycles. The number of nitrogens with one attached hydrogen (secondary N) is 1. The van der Waals surface area contributed by atoms with E-state index in [2.05, 4.69) is 5.32 Å². The van der Waals surface area contributed by atoms with Gasteiger partial charge in [-0.25, -0.2) is 0 Å². The molecule has 0 spiro atoms. The molecule has 116 valence electrons. The number of carbonyl (C=O) groups is 2. The lowest BCUT2D eigenvalue weighted by atomic mass is 9.78. The molecule has 0 aromatic rings. The van der Waals surface area contributed by atoms with Gasteiger partial charge in [0.1, 0.15) is 0 Å². The molecule has 1 rings (SSSR count). The Morgan fingerprint density at radius 2 is 1.85 bits per heavy atom.